The Labute approximate surface area is 94.8 Å². The Morgan fingerprint density at radius 1 is 1.25 bits per heavy atom. The predicted molar refractivity (Wildman–Crippen MR) is 58.8 cm³/mol. The summed E-state index contributed by atoms with van der Waals surface area (Å²) in [5.41, 5.74) is 5.30. The van der Waals surface area contributed by atoms with E-state index in [1.54, 1.807) is 0 Å². The van der Waals surface area contributed by atoms with Crippen LogP contribution in [0.5, 0.6) is 0 Å². The van der Waals surface area contributed by atoms with E-state index in [2.05, 4.69) is 5.32 Å². The minimum Gasteiger partial charge on any atom is -0.480 e. The summed E-state index contributed by atoms with van der Waals surface area (Å²) in [5, 5.41) is 19.8. The van der Waals surface area contributed by atoms with E-state index in [9.17, 15) is 9.59 Å². The molecule has 5 N–H and O–H groups in total. The van der Waals surface area contributed by atoms with Crippen molar-refractivity contribution in [2.75, 3.05) is 13.2 Å². The molecule has 0 spiro atoms. The normalized spacial score (nSPS) is 12.1. The molecule has 0 aromatic rings. The first-order valence-corrected chi connectivity index (χ1v) is 5.45. The monoisotopic (exact) mass is 232 g/mol. The molecule has 0 aliphatic heterocycles. The molecule has 94 valence electrons. The zero-order chi connectivity index (χ0) is 12.4. The highest BCUT2D eigenvalue weighted by Gasteiger charge is 2.18. The van der Waals surface area contributed by atoms with E-state index in [1.807, 2.05) is 0 Å². The molecular formula is C10H20N2O4. The van der Waals surface area contributed by atoms with E-state index in [0.717, 1.165) is 6.42 Å². The summed E-state index contributed by atoms with van der Waals surface area (Å²) in [4.78, 5) is 22.0. The van der Waals surface area contributed by atoms with Crippen molar-refractivity contribution in [2.45, 2.75) is 38.1 Å². The van der Waals surface area contributed by atoms with Gasteiger partial charge in [0.1, 0.15) is 6.04 Å². The van der Waals surface area contributed by atoms with Crippen molar-refractivity contribution in [3.63, 3.8) is 0 Å². The van der Waals surface area contributed by atoms with Gasteiger partial charge in [0.05, 0.1) is 0 Å². The second-order valence-corrected chi connectivity index (χ2v) is 3.57. The molecule has 0 saturated heterocycles. The fraction of sp³-hybridized carbons (Fsp3) is 0.800. The summed E-state index contributed by atoms with van der Waals surface area (Å²) in [6.45, 7) is 0.448. The van der Waals surface area contributed by atoms with Crippen molar-refractivity contribution in [1.29, 1.82) is 0 Å². The lowest BCUT2D eigenvalue weighted by atomic mass is 10.1. The largest absolute Gasteiger partial charge is 0.480 e. The van der Waals surface area contributed by atoms with Gasteiger partial charge >= 0.3 is 5.97 Å². The lowest BCUT2D eigenvalue weighted by Gasteiger charge is -2.13. The number of aliphatic carboxylic acids is 1. The first kappa shape index (κ1) is 14.9. The van der Waals surface area contributed by atoms with Crippen molar-refractivity contribution >= 4 is 11.9 Å². The SMILES string of the molecule is NCCCC[C@H](NC(=O)CCCO)C(=O)O. The number of carboxylic acids is 1. The molecule has 0 unspecified atom stereocenters. The highest BCUT2D eigenvalue weighted by molar-refractivity contribution is 5.83. The van der Waals surface area contributed by atoms with Crippen LogP contribution in [0.1, 0.15) is 32.1 Å². The number of carbonyl (C=O) groups is 2. The molecule has 1 amide bonds. The number of nitrogens with two attached hydrogens (primary N) is 1. The van der Waals surface area contributed by atoms with E-state index in [4.69, 9.17) is 15.9 Å². The molecule has 16 heavy (non-hydrogen) atoms. The van der Waals surface area contributed by atoms with E-state index in [0.29, 0.717) is 25.8 Å². The van der Waals surface area contributed by atoms with Crippen molar-refractivity contribution in [2.24, 2.45) is 5.73 Å². The molecule has 6 heteroatoms. The van der Waals surface area contributed by atoms with Gasteiger partial charge in [0.2, 0.25) is 5.91 Å². The second-order valence-electron chi connectivity index (χ2n) is 3.57. The van der Waals surface area contributed by atoms with Crippen LogP contribution in [0.25, 0.3) is 0 Å². The molecule has 0 aromatic carbocycles. The van der Waals surface area contributed by atoms with E-state index < -0.39 is 12.0 Å². The Morgan fingerprint density at radius 3 is 2.44 bits per heavy atom. The molecule has 0 heterocycles. The number of aliphatic hydroxyl groups excluding tert-OH is 1. The summed E-state index contributed by atoms with van der Waals surface area (Å²) in [6, 6.07) is -0.849. The third kappa shape index (κ3) is 7.19. The van der Waals surface area contributed by atoms with Gasteiger partial charge in [-0.2, -0.15) is 0 Å². The van der Waals surface area contributed by atoms with Crippen molar-refractivity contribution in [1.82, 2.24) is 5.32 Å². The minimum absolute atomic E-state index is 0.0711. The van der Waals surface area contributed by atoms with E-state index in [1.165, 1.54) is 0 Å². The number of unbranched alkanes of at least 4 members (excludes halogenated alkanes) is 1. The molecule has 0 fully saturated rings. The topological polar surface area (TPSA) is 113 Å². The zero-order valence-electron chi connectivity index (χ0n) is 9.32. The van der Waals surface area contributed by atoms with Crippen LogP contribution >= 0.6 is 0 Å². The van der Waals surface area contributed by atoms with Crippen LogP contribution in [0, 0.1) is 0 Å². The number of hydrogen-bond donors (Lipinski definition) is 4. The molecule has 1 atom stereocenters. The first-order valence-electron chi connectivity index (χ1n) is 5.45. The van der Waals surface area contributed by atoms with Gasteiger partial charge in [-0.15, -0.1) is 0 Å². The van der Waals surface area contributed by atoms with Gasteiger partial charge in [-0.1, -0.05) is 0 Å². The lowest BCUT2D eigenvalue weighted by Crippen LogP contribution is -2.40. The molecule has 0 saturated carbocycles. The van der Waals surface area contributed by atoms with Gasteiger partial charge in [0.25, 0.3) is 0 Å². The quantitative estimate of drug-likeness (QED) is 0.399. The summed E-state index contributed by atoms with van der Waals surface area (Å²) in [7, 11) is 0. The predicted octanol–water partition coefficient (Wildman–Crippen LogP) is -0.543. The smallest absolute Gasteiger partial charge is 0.326 e. The molecule has 0 aliphatic rings. The molecule has 0 aromatic heterocycles. The number of carboxylic acid groups (broad SMARTS) is 1. The molecular weight excluding hydrogens is 212 g/mol. The van der Waals surface area contributed by atoms with Gasteiger partial charge in [0, 0.05) is 13.0 Å². The Balaban J connectivity index is 3.92. The molecule has 6 nitrogen and oxygen atoms in total. The van der Waals surface area contributed by atoms with Crippen LogP contribution in [0.3, 0.4) is 0 Å². The third-order valence-electron chi connectivity index (χ3n) is 2.14. The minimum atomic E-state index is -1.03. The highest BCUT2D eigenvalue weighted by atomic mass is 16.4. The summed E-state index contributed by atoms with van der Waals surface area (Å²) < 4.78 is 0. The number of aliphatic hydroxyl groups is 1. The van der Waals surface area contributed by atoms with Gasteiger partial charge < -0.3 is 21.3 Å². The van der Waals surface area contributed by atoms with Crippen molar-refractivity contribution < 1.29 is 19.8 Å². The average molecular weight is 232 g/mol. The Bertz CT molecular complexity index is 221. The Kier molecular flexibility index (Phi) is 8.46. The molecule has 0 radical (unpaired) electrons. The number of carbonyl (C=O) groups excluding carboxylic acids is 1. The van der Waals surface area contributed by atoms with Gasteiger partial charge in [-0.3, -0.25) is 4.79 Å². The average Bonchev–Trinajstić information content (AvgIpc) is 2.25. The lowest BCUT2D eigenvalue weighted by molar-refractivity contribution is -0.142. The maximum Gasteiger partial charge on any atom is 0.326 e. The molecule has 0 bridgehead atoms. The van der Waals surface area contributed by atoms with Gasteiger partial charge in [0.15, 0.2) is 0 Å². The van der Waals surface area contributed by atoms with Crippen LogP contribution in [0.4, 0.5) is 0 Å². The van der Waals surface area contributed by atoms with Crippen LogP contribution in [0.2, 0.25) is 0 Å². The Hall–Kier alpha value is -1.14. The van der Waals surface area contributed by atoms with Crippen molar-refractivity contribution in [3.8, 4) is 0 Å². The van der Waals surface area contributed by atoms with E-state index in [-0.39, 0.29) is 18.9 Å². The fourth-order valence-electron chi connectivity index (χ4n) is 1.26. The highest BCUT2D eigenvalue weighted by Crippen LogP contribution is 2.01. The first-order chi connectivity index (χ1) is 7.61. The summed E-state index contributed by atoms with van der Waals surface area (Å²) in [6.07, 6.45) is 2.31. The third-order valence-corrected chi connectivity index (χ3v) is 2.14. The van der Waals surface area contributed by atoms with Crippen LogP contribution in [-0.2, 0) is 9.59 Å². The number of rotatable bonds is 9. The van der Waals surface area contributed by atoms with Crippen LogP contribution in [-0.4, -0.2) is 41.3 Å². The van der Waals surface area contributed by atoms with Crippen LogP contribution in [0.15, 0.2) is 0 Å². The van der Waals surface area contributed by atoms with E-state index >= 15 is 0 Å². The summed E-state index contributed by atoms with van der Waals surface area (Å²) in [5.74, 6) is -1.37. The second kappa shape index (κ2) is 9.11. The Morgan fingerprint density at radius 2 is 1.94 bits per heavy atom. The summed E-state index contributed by atoms with van der Waals surface area (Å²) >= 11 is 0. The van der Waals surface area contributed by atoms with Gasteiger partial charge in [-0.25, -0.2) is 4.79 Å². The molecule has 0 rings (SSSR count). The van der Waals surface area contributed by atoms with Gasteiger partial charge in [-0.05, 0) is 32.2 Å². The number of amides is 1. The maximum atomic E-state index is 11.2. The van der Waals surface area contributed by atoms with Crippen LogP contribution < -0.4 is 11.1 Å². The fourth-order valence-corrected chi connectivity index (χ4v) is 1.26. The number of hydrogen-bond acceptors (Lipinski definition) is 4. The van der Waals surface area contributed by atoms with Crippen molar-refractivity contribution in [3.05, 3.63) is 0 Å². The number of nitrogens with one attached hydrogen (secondary N) is 1. The maximum absolute atomic E-state index is 11.2. The zero-order valence-corrected chi connectivity index (χ0v) is 9.32. The molecule has 0 aliphatic carbocycles. The standard InChI is InChI=1S/C10H20N2O4/c11-6-2-1-4-8(10(15)16)12-9(14)5-3-7-13/h8,13H,1-7,11H2,(H,12,14)(H,15,16)/t8-/m0/s1.